The number of piperazine rings is 1. The van der Waals surface area contributed by atoms with Gasteiger partial charge in [0.15, 0.2) is 0 Å². The highest BCUT2D eigenvalue weighted by Gasteiger charge is 2.39. The van der Waals surface area contributed by atoms with Crippen molar-refractivity contribution in [3.8, 4) is 6.07 Å². The maximum atomic E-state index is 13.3. The van der Waals surface area contributed by atoms with Crippen molar-refractivity contribution in [3.63, 3.8) is 0 Å². The van der Waals surface area contributed by atoms with Gasteiger partial charge in [-0.3, -0.25) is 9.48 Å². The number of hydrogen-bond acceptors (Lipinski definition) is 4. The minimum absolute atomic E-state index is 0.0996. The molecule has 146 valence electrons. The second-order valence-electron chi connectivity index (χ2n) is 7.97. The van der Waals surface area contributed by atoms with Crippen LogP contribution in [0.3, 0.4) is 0 Å². The maximum absolute atomic E-state index is 13.3. The van der Waals surface area contributed by atoms with Gasteiger partial charge in [0.2, 0.25) is 5.91 Å². The number of carbonyl (C=O) groups excluding carboxylic acids is 1. The molecular formula is C22H27N5O. The van der Waals surface area contributed by atoms with E-state index in [4.69, 9.17) is 0 Å². The van der Waals surface area contributed by atoms with Crippen LogP contribution in [0.5, 0.6) is 0 Å². The van der Waals surface area contributed by atoms with E-state index in [0.717, 1.165) is 31.0 Å². The third kappa shape index (κ3) is 3.62. The van der Waals surface area contributed by atoms with Crippen LogP contribution < -0.4 is 4.90 Å². The van der Waals surface area contributed by atoms with Crippen LogP contribution in [0.15, 0.2) is 30.3 Å². The Bertz CT molecular complexity index is 886. The van der Waals surface area contributed by atoms with Crippen molar-refractivity contribution in [2.45, 2.75) is 26.2 Å². The molecule has 2 aliphatic rings. The number of rotatable bonds is 5. The van der Waals surface area contributed by atoms with Gasteiger partial charge in [-0.05, 0) is 37.7 Å². The molecular weight excluding hydrogens is 350 g/mol. The summed E-state index contributed by atoms with van der Waals surface area (Å²) < 4.78 is 1.79. The van der Waals surface area contributed by atoms with Crippen molar-refractivity contribution < 1.29 is 4.79 Å². The lowest BCUT2D eigenvalue weighted by Crippen LogP contribution is -2.51. The Labute approximate surface area is 166 Å². The number of nitriles is 1. The van der Waals surface area contributed by atoms with Crippen molar-refractivity contribution in [1.82, 2.24) is 14.7 Å². The fourth-order valence-corrected chi connectivity index (χ4v) is 4.34. The fourth-order valence-electron chi connectivity index (χ4n) is 4.34. The van der Waals surface area contributed by atoms with Crippen LogP contribution in [0.1, 0.15) is 29.7 Å². The van der Waals surface area contributed by atoms with Gasteiger partial charge in [-0.15, -0.1) is 0 Å². The molecule has 2 aromatic rings. The topological polar surface area (TPSA) is 65.2 Å². The Morgan fingerprint density at radius 2 is 1.89 bits per heavy atom. The van der Waals surface area contributed by atoms with Crippen molar-refractivity contribution in [1.29, 1.82) is 5.26 Å². The molecule has 2 heterocycles. The smallest absolute Gasteiger partial charge is 0.226 e. The number of nitrogens with zero attached hydrogens (tertiary/aromatic N) is 5. The Morgan fingerprint density at radius 1 is 1.21 bits per heavy atom. The Kier molecular flexibility index (Phi) is 5.08. The summed E-state index contributed by atoms with van der Waals surface area (Å²) in [4.78, 5) is 17.5. The van der Waals surface area contributed by atoms with E-state index >= 15 is 0 Å². The first-order chi connectivity index (χ1) is 13.6. The normalized spacial score (nSPS) is 18.0. The zero-order valence-corrected chi connectivity index (χ0v) is 16.6. The van der Waals surface area contributed by atoms with Gasteiger partial charge in [0, 0.05) is 39.1 Å². The van der Waals surface area contributed by atoms with Gasteiger partial charge < -0.3 is 9.80 Å². The molecule has 0 spiro atoms. The largest absolute Gasteiger partial charge is 0.352 e. The number of anilines is 1. The number of aromatic nitrogens is 2. The molecule has 4 rings (SSSR count). The van der Waals surface area contributed by atoms with Crippen molar-refractivity contribution in [2.75, 3.05) is 31.1 Å². The standard InChI is InChI=1S/C22H27N5O/c1-16-20(15-23)21(25(2)24-16)26-10-12-27(13-11-26)22(28)19(18-8-9-18)14-17-6-4-3-5-7-17/h3-7,18-19H,8-14H2,1-2H3. The molecule has 1 amide bonds. The number of hydrogen-bond donors (Lipinski definition) is 0. The molecule has 1 saturated heterocycles. The van der Waals surface area contributed by atoms with E-state index in [1.165, 1.54) is 18.4 Å². The van der Waals surface area contributed by atoms with E-state index in [2.05, 4.69) is 28.2 Å². The second-order valence-corrected chi connectivity index (χ2v) is 7.97. The average molecular weight is 377 g/mol. The molecule has 1 unspecified atom stereocenters. The molecule has 1 aromatic heterocycles. The second kappa shape index (κ2) is 7.67. The predicted octanol–water partition coefficient (Wildman–Crippen LogP) is 2.52. The molecule has 6 nitrogen and oxygen atoms in total. The SMILES string of the molecule is Cc1nn(C)c(N2CCN(C(=O)C(Cc3ccccc3)C3CC3)CC2)c1C#N. The van der Waals surface area contributed by atoms with Gasteiger partial charge in [0.1, 0.15) is 17.5 Å². The highest BCUT2D eigenvalue weighted by atomic mass is 16.2. The van der Waals surface area contributed by atoms with Gasteiger partial charge in [-0.25, -0.2) is 0 Å². The summed E-state index contributed by atoms with van der Waals surface area (Å²) in [5.41, 5.74) is 2.65. The molecule has 0 radical (unpaired) electrons. The summed E-state index contributed by atoms with van der Waals surface area (Å²) in [5.74, 6) is 1.81. The van der Waals surface area contributed by atoms with E-state index in [1.54, 1.807) is 4.68 Å². The van der Waals surface area contributed by atoms with Crippen molar-refractivity contribution in [2.24, 2.45) is 18.9 Å². The van der Waals surface area contributed by atoms with Crippen LogP contribution in [0.25, 0.3) is 0 Å². The third-order valence-electron chi connectivity index (χ3n) is 6.00. The van der Waals surface area contributed by atoms with Crippen molar-refractivity contribution in [3.05, 3.63) is 47.2 Å². The lowest BCUT2D eigenvalue weighted by molar-refractivity contribution is -0.136. The Balaban J connectivity index is 1.43. The van der Waals surface area contributed by atoms with Crippen LogP contribution >= 0.6 is 0 Å². The molecule has 1 saturated carbocycles. The van der Waals surface area contributed by atoms with Gasteiger partial charge in [-0.2, -0.15) is 10.4 Å². The lowest BCUT2D eigenvalue weighted by atomic mass is 9.93. The summed E-state index contributed by atoms with van der Waals surface area (Å²) in [6, 6.07) is 12.6. The lowest BCUT2D eigenvalue weighted by Gasteiger charge is -2.37. The van der Waals surface area contributed by atoms with Gasteiger partial charge in [-0.1, -0.05) is 30.3 Å². The van der Waals surface area contributed by atoms with E-state index in [0.29, 0.717) is 30.5 Å². The predicted molar refractivity (Wildman–Crippen MR) is 108 cm³/mol. The number of aryl methyl sites for hydroxylation is 2. The van der Waals surface area contributed by atoms with Crippen LogP contribution in [0.2, 0.25) is 0 Å². The molecule has 28 heavy (non-hydrogen) atoms. The zero-order valence-electron chi connectivity index (χ0n) is 16.6. The number of amides is 1. The van der Waals surface area contributed by atoms with Gasteiger partial charge in [0.05, 0.1) is 5.69 Å². The summed E-state index contributed by atoms with van der Waals surface area (Å²) in [6.07, 6.45) is 3.18. The zero-order chi connectivity index (χ0) is 19.7. The molecule has 0 bridgehead atoms. The van der Waals surface area contributed by atoms with Crippen LogP contribution in [0, 0.1) is 30.1 Å². The summed E-state index contributed by atoms with van der Waals surface area (Å²) in [5, 5.41) is 13.9. The first-order valence-corrected chi connectivity index (χ1v) is 10.1. The van der Waals surface area contributed by atoms with Gasteiger partial charge >= 0.3 is 0 Å². The first kappa shape index (κ1) is 18.5. The molecule has 0 N–H and O–H groups in total. The van der Waals surface area contributed by atoms with E-state index in [9.17, 15) is 10.1 Å². The molecule has 1 aliphatic carbocycles. The quantitative estimate of drug-likeness (QED) is 0.803. The average Bonchev–Trinajstić information content (AvgIpc) is 3.51. The minimum Gasteiger partial charge on any atom is -0.352 e. The summed E-state index contributed by atoms with van der Waals surface area (Å²) in [6.45, 7) is 4.74. The Hall–Kier alpha value is -2.81. The highest BCUT2D eigenvalue weighted by Crippen LogP contribution is 2.39. The van der Waals surface area contributed by atoms with E-state index in [1.807, 2.05) is 37.1 Å². The fraction of sp³-hybridized carbons (Fsp3) is 0.500. The van der Waals surface area contributed by atoms with E-state index < -0.39 is 0 Å². The van der Waals surface area contributed by atoms with E-state index in [-0.39, 0.29) is 5.92 Å². The monoisotopic (exact) mass is 377 g/mol. The maximum Gasteiger partial charge on any atom is 0.226 e. The minimum atomic E-state index is 0.0996. The van der Waals surface area contributed by atoms with Crippen LogP contribution in [0.4, 0.5) is 5.82 Å². The van der Waals surface area contributed by atoms with Crippen LogP contribution in [-0.4, -0.2) is 46.8 Å². The van der Waals surface area contributed by atoms with Gasteiger partial charge in [0.25, 0.3) is 0 Å². The molecule has 1 atom stereocenters. The third-order valence-corrected chi connectivity index (χ3v) is 6.00. The summed E-state index contributed by atoms with van der Waals surface area (Å²) >= 11 is 0. The van der Waals surface area contributed by atoms with Crippen LogP contribution in [-0.2, 0) is 18.3 Å². The molecule has 1 aliphatic heterocycles. The number of carbonyl (C=O) groups is 1. The number of benzene rings is 1. The summed E-state index contributed by atoms with van der Waals surface area (Å²) in [7, 11) is 1.88. The molecule has 2 fully saturated rings. The molecule has 1 aromatic carbocycles. The Morgan fingerprint density at radius 3 is 2.50 bits per heavy atom. The highest BCUT2D eigenvalue weighted by molar-refractivity contribution is 5.80. The molecule has 6 heteroatoms. The first-order valence-electron chi connectivity index (χ1n) is 10.1. The van der Waals surface area contributed by atoms with Crippen molar-refractivity contribution >= 4 is 11.7 Å².